The molecule has 3 rings (SSSR count). The van der Waals surface area contributed by atoms with Crippen LogP contribution < -0.4 is 10.1 Å². The van der Waals surface area contributed by atoms with E-state index in [-0.39, 0.29) is 30.7 Å². The number of carbonyl (C=O) groups is 1. The summed E-state index contributed by atoms with van der Waals surface area (Å²) < 4.78 is 33.2. The van der Waals surface area contributed by atoms with Crippen molar-refractivity contribution in [1.82, 2.24) is 5.32 Å². The van der Waals surface area contributed by atoms with Gasteiger partial charge in [-0.05, 0) is 87.2 Å². The molecule has 0 aromatic heterocycles. The molecule has 6 heteroatoms. The monoisotopic (exact) mass is 431 g/mol. The van der Waals surface area contributed by atoms with Crippen LogP contribution in [-0.4, -0.2) is 29.8 Å². The molecular formula is C25H31F2NO3. The third-order valence-electron chi connectivity index (χ3n) is 5.80. The zero-order valence-electron chi connectivity index (χ0n) is 18.2. The van der Waals surface area contributed by atoms with Crippen molar-refractivity contribution in [2.24, 2.45) is 5.92 Å². The van der Waals surface area contributed by atoms with E-state index in [9.17, 15) is 13.6 Å². The molecule has 0 fully saturated rings. The van der Waals surface area contributed by atoms with Crippen molar-refractivity contribution in [3.8, 4) is 5.75 Å². The van der Waals surface area contributed by atoms with Crippen LogP contribution in [0.4, 0.5) is 8.78 Å². The Hall–Kier alpha value is -2.47. The second-order valence-corrected chi connectivity index (χ2v) is 9.04. The highest BCUT2D eigenvalue weighted by atomic mass is 19.2. The molecule has 2 aromatic carbocycles. The van der Waals surface area contributed by atoms with Gasteiger partial charge in [0.15, 0.2) is 11.6 Å². The molecule has 0 bridgehead atoms. The van der Waals surface area contributed by atoms with Crippen LogP contribution >= 0.6 is 0 Å². The van der Waals surface area contributed by atoms with E-state index >= 15 is 0 Å². The molecule has 0 unspecified atom stereocenters. The number of halogens is 2. The summed E-state index contributed by atoms with van der Waals surface area (Å²) in [5.41, 5.74) is 3.29. The molecule has 0 heterocycles. The zero-order chi connectivity index (χ0) is 22.4. The van der Waals surface area contributed by atoms with E-state index in [1.54, 1.807) is 0 Å². The summed E-state index contributed by atoms with van der Waals surface area (Å²) in [5.74, 6) is -2.57. The van der Waals surface area contributed by atoms with Gasteiger partial charge in [-0.3, -0.25) is 4.79 Å². The standard InChI is InChI=1S/C25H31F2NO3/c1-25(2,16-18-12-19-6-3-4-7-20(19)13-18)28-10-5-11-31-22-15-17(8-9-23(29)30)14-21(26)24(22)27/h3-4,6-7,14-15,18,28H,5,8-13,16H2,1-2H3,(H,29,30). The van der Waals surface area contributed by atoms with Gasteiger partial charge in [0.2, 0.25) is 5.82 Å². The first-order valence-corrected chi connectivity index (χ1v) is 10.9. The molecular weight excluding hydrogens is 400 g/mol. The molecule has 2 N–H and O–H groups in total. The number of fused-ring (bicyclic) bond motifs is 1. The zero-order valence-corrected chi connectivity index (χ0v) is 18.2. The molecule has 4 nitrogen and oxygen atoms in total. The number of benzene rings is 2. The predicted molar refractivity (Wildman–Crippen MR) is 116 cm³/mol. The number of nitrogens with one attached hydrogen (secondary N) is 1. The summed E-state index contributed by atoms with van der Waals surface area (Å²) in [7, 11) is 0. The highest BCUT2D eigenvalue weighted by molar-refractivity contribution is 5.67. The van der Waals surface area contributed by atoms with Crippen LogP contribution in [0.2, 0.25) is 0 Å². The Balaban J connectivity index is 1.42. The number of rotatable bonds is 11. The molecule has 0 saturated heterocycles. The van der Waals surface area contributed by atoms with E-state index in [0.29, 0.717) is 24.4 Å². The smallest absolute Gasteiger partial charge is 0.303 e. The molecule has 1 aliphatic carbocycles. The average Bonchev–Trinajstić information content (AvgIpc) is 3.10. The molecule has 0 radical (unpaired) electrons. The van der Waals surface area contributed by atoms with Crippen molar-refractivity contribution in [2.75, 3.05) is 13.2 Å². The first-order chi connectivity index (χ1) is 14.7. The summed E-state index contributed by atoms with van der Waals surface area (Å²) in [4.78, 5) is 10.7. The predicted octanol–water partition coefficient (Wildman–Crippen LogP) is 4.92. The molecule has 0 atom stereocenters. The summed E-state index contributed by atoms with van der Waals surface area (Å²) in [6.07, 6.45) is 3.93. The van der Waals surface area contributed by atoms with Crippen molar-refractivity contribution in [1.29, 1.82) is 0 Å². The third-order valence-corrected chi connectivity index (χ3v) is 5.80. The number of aryl methyl sites for hydroxylation is 1. The topological polar surface area (TPSA) is 58.6 Å². The fraction of sp³-hybridized carbons (Fsp3) is 0.480. The number of carboxylic acid groups (broad SMARTS) is 1. The molecule has 31 heavy (non-hydrogen) atoms. The molecule has 2 aromatic rings. The fourth-order valence-electron chi connectivity index (χ4n) is 4.39. The van der Waals surface area contributed by atoms with Gasteiger partial charge in [-0.2, -0.15) is 4.39 Å². The lowest BCUT2D eigenvalue weighted by Crippen LogP contribution is -2.42. The molecule has 0 amide bonds. The highest BCUT2D eigenvalue weighted by Gasteiger charge is 2.27. The Kier molecular flexibility index (Phi) is 7.65. The van der Waals surface area contributed by atoms with Crippen molar-refractivity contribution >= 4 is 5.97 Å². The summed E-state index contributed by atoms with van der Waals surface area (Å²) in [5, 5.41) is 12.3. The number of hydrogen-bond donors (Lipinski definition) is 2. The first kappa shape index (κ1) is 23.2. The molecule has 0 saturated carbocycles. The highest BCUT2D eigenvalue weighted by Crippen LogP contribution is 2.32. The van der Waals surface area contributed by atoms with Gasteiger partial charge in [0.05, 0.1) is 6.61 Å². The van der Waals surface area contributed by atoms with Crippen molar-refractivity contribution < 1.29 is 23.4 Å². The van der Waals surface area contributed by atoms with E-state index in [4.69, 9.17) is 9.84 Å². The molecule has 168 valence electrons. The molecule has 0 aliphatic heterocycles. The summed E-state index contributed by atoms with van der Waals surface area (Å²) >= 11 is 0. The number of aliphatic carboxylic acids is 1. The van der Waals surface area contributed by atoms with E-state index < -0.39 is 17.6 Å². The lowest BCUT2D eigenvalue weighted by atomic mass is 9.88. The Morgan fingerprint density at radius 1 is 1.19 bits per heavy atom. The second-order valence-electron chi connectivity index (χ2n) is 9.04. The third kappa shape index (κ3) is 6.76. The van der Waals surface area contributed by atoms with Crippen molar-refractivity contribution in [3.63, 3.8) is 0 Å². The Morgan fingerprint density at radius 2 is 1.87 bits per heavy atom. The van der Waals surface area contributed by atoms with Gasteiger partial charge in [-0.15, -0.1) is 0 Å². The molecule has 1 aliphatic rings. The maximum absolute atomic E-state index is 14.0. The fourth-order valence-corrected chi connectivity index (χ4v) is 4.39. The van der Waals surface area contributed by atoms with Gasteiger partial charge >= 0.3 is 5.97 Å². The SMILES string of the molecule is CC(C)(CC1Cc2ccccc2C1)NCCCOc1cc(CCC(=O)O)cc(F)c1F. The summed E-state index contributed by atoms with van der Waals surface area (Å²) in [6.45, 7) is 5.34. The van der Waals surface area contributed by atoms with E-state index in [2.05, 4.69) is 43.4 Å². The van der Waals surface area contributed by atoms with Crippen LogP contribution in [0.1, 0.15) is 49.8 Å². The summed E-state index contributed by atoms with van der Waals surface area (Å²) in [6, 6.07) is 11.0. The lowest BCUT2D eigenvalue weighted by Gasteiger charge is -2.29. The Bertz CT molecular complexity index is 889. The van der Waals surface area contributed by atoms with Gasteiger partial charge in [-0.1, -0.05) is 24.3 Å². The van der Waals surface area contributed by atoms with Crippen LogP contribution in [0.3, 0.4) is 0 Å². The maximum atomic E-state index is 14.0. The van der Waals surface area contributed by atoms with E-state index in [1.165, 1.54) is 17.2 Å². The minimum Gasteiger partial charge on any atom is -0.490 e. The van der Waals surface area contributed by atoms with E-state index in [0.717, 1.165) is 25.3 Å². The van der Waals surface area contributed by atoms with Gasteiger partial charge in [0.25, 0.3) is 0 Å². The molecule has 0 spiro atoms. The van der Waals surface area contributed by atoms with Crippen LogP contribution in [0.15, 0.2) is 36.4 Å². The number of ether oxygens (including phenoxy) is 1. The average molecular weight is 432 g/mol. The van der Waals surface area contributed by atoms with Gasteiger partial charge in [0, 0.05) is 12.0 Å². The Morgan fingerprint density at radius 3 is 2.52 bits per heavy atom. The normalized spacial score (nSPS) is 13.9. The van der Waals surface area contributed by atoms with Crippen molar-refractivity contribution in [2.45, 2.75) is 57.9 Å². The first-order valence-electron chi connectivity index (χ1n) is 10.9. The Labute approximate surface area is 182 Å². The number of carboxylic acids is 1. The maximum Gasteiger partial charge on any atom is 0.303 e. The minimum absolute atomic E-state index is 0.0270. The van der Waals surface area contributed by atoms with Gasteiger partial charge in [-0.25, -0.2) is 4.39 Å². The van der Waals surface area contributed by atoms with Gasteiger partial charge in [0.1, 0.15) is 0 Å². The van der Waals surface area contributed by atoms with Crippen LogP contribution in [0, 0.1) is 17.6 Å². The van der Waals surface area contributed by atoms with Crippen LogP contribution in [0.5, 0.6) is 5.75 Å². The number of hydrogen-bond acceptors (Lipinski definition) is 3. The minimum atomic E-state index is -1.03. The quantitative estimate of drug-likeness (QED) is 0.496. The second kappa shape index (κ2) is 10.2. The lowest BCUT2D eigenvalue weighted by molar-refractivity contribution is -0.136. The van der Waals surface area contributed by atoms with Crippen LogP contribution in [-0.2, 0) is 24.1 Å². The van der Waals surface area contributed by atoms with Crippen molar-refractivity contribution in [3.05, 3.63) is 64.7 Å². The van der Waals surface area contributed by atoms with E-state index in [1.807, 2.05) is 0 Å². The van der Waals surface area contributed by atoms with Gasteiger partial charge < -0.3 is 15.2 Å². The largest absolute Gasteiger partial charge is 0.490 e. The van der Waals surface area contributed by atoms with Crippen LogP contribution in [0.25, 0.3) is 0 Å².